The first-order chi connectivity index (χ1) is 7.98. The summed E-state index contributed by atoms with van der Waals surface area (Å²) in [5.74, 6) is -0.0136. The Kier molecular flexibility index (Phi) is 3.38. The van der Waals surface area contributed by atoms with Gasteiger partial charge in [0.25, 0.3) is 5.91 Å². The van der Waals surface area contributed by atoms with Crippen molar-refractivity contribution < 1.29 is 4.79 Å². The summed E-state index contributed by atoms with van der Waals surface area (Å²) in [4.78, 5) is 18.2. The summed E-state index contributed by atoms with van der Waals surface area (Å²) >= 11 is 5.80. The van der Waals surface area contributed by atoms with Crippen LogP contribution in [-0.2, 0) is 0 Å². The van der Waals surface area contributed by atoms with E-state index in [0.29, 0.717) is 10.8 Å². The van der Waals surface area contributed by atoms with Crippen molar-refractivity contribution in [2.24, 2.45) is 5.41 Å². The molecule has 0 aromatic carbocycles. The molecule has 17 heavy (non-hydrogen) atoms. The first-order valence-corrected chi connectivity index (χ1v) is 6.28. The lowest BCUT2D eigenvalue weighted by atomic mass is 9.84. The lowest BCUT2D eigenvalue weighted by Crippen LogP contribution is -2.43. The summed E-state index contributed by atoms with van der Waals surface area (Å²) in [6.07, 6.45) is 2.22. The lowest BCUT2D eigenvalue weighted by molar-refractivity contribution is 0.0577. The summed E-state index contributed by atoms with van der Waals surface area (Å²) in [6.45, 7) is 5.99. The van der Waals surface area contributed by atoms with Gasteiger partial charge >= 0.3 is 0 Å². The van der Waals surface area contributed by atoms with Crippen LogP contribution in [0.4, 0.5) is 0 Å². The number of likely N-dealkylation sites (tertiary alicyclic amines) is 1. The Morgan fingerprint density at radius 2 is 2.24 bits per heavy atom. The van der Waals surface area contributed by atoms with E-state index in [1.165, 1.54) is 6.42 Å². The number of aromatic nitrogens is 1. The first kappa shape index (κ1) is 12.4. The number of rotatable bonds is 1. The van der Waals surface area contributed by atoms with Gasteiger partial charge in [-0.3, -0.25) is 4.79 Å². The third-order valence-electron chi connectivity index (χ3n) is 3.12. The maximum Gasteiger partial charge on any atom is 0.272 e. The number of hydrogen-bond acceptors (Lipinski definition) is 2. The van der Waals surface area contributed by atoms with E-state index in [1.54, 1.807) is 18.2 Å². The second-order valence-electron chi connectivity index (χ2n) is 5.34. The van der Waals surface area contributed by atoms with Gasteiger partial charge in [-0.2, -0.15) is 0 Å². The van der Waals surface area contributed by atoms with Gasteiger partial charge in [0.15, 0.2) is 0 Å². The van der Waals surface area contributed by atoms with Gasteiger partial charge in [0.05, 0.1) is 0 Å². The zero-order valence-electron chi connectivity index (χ0n) is 10.2. The van der Waals surface area contributed by atoms with Gasteiger partial charge in [0.2, 0.25) is 0 Å². The smallest absolute Gasteiger partial charge is 0.272 e. The average Bonchev–Trinajstić information content (AvgIpc) is 2.26. The van der Waals surface area contributed by atoms with Crippen LogP contribution in [0.3, 0.4) is 0 Å². The summed E-state index contributed by atoms with van der Waals surface area (Å²) in [5.41, 5.74) is 0.641. The number of hydrogen-bond donors (Lipinski definition) is 0. The largest absolute Gasteiger partial charge is 0.337 e. The molecule has 1 amide bonds. The van der Waals surface area contributed by atoms with E-state index in [1.807, 2.05) is 4.90 Å². The lowest BCUT2D eigenvalue weighted by Gasteiger charge is -2.37. The molecule has 0 aliphatic carbocycles. The van der Waals surface area contributed by atoms with Crippen molar-refractivity contribution in [3.05, 3.63) is 29.0 Å². The van der Waals surface area contributed by atoms with Gasteiger partial charge < -0.3 is 4.90 Å². The monoisotopic (exact) mass is 252 g/mol. The minimum atomic E-state index is -0.0136. The van der Waals surface area contributed by atoms with E-state index in [4.69, 9.17) is 11.6 Å². The fourth-order valence-corrected chi connectivity index (χ4v) is 2.45. The Morgan fingerprint density at radius 1 is 1.47 bits per heavy atom. The molecule has 0 atom stereocenters. The van der Waals surface area contributed by atoms with Crippen LogP contribution < -0.4 is 0 Å². The first-order valence-electron chi connectivity index (χ1n) is 5.90. The molecule has 0 unspecified atom stereocenters. The highest BCUT2D eigenvalue weighted by Crippen LogP contribution is 2.29. The minimum absolute atomic E-state index is 0.0136. The molecule has 1 aliphatic rings. The summed E-state index contributed by atoms with van der Waals surface area (Å²) in [5, 5.41) is 0.368. The molecule has 1 aromatic heterocycles. The van der Waals surface area contributed by atoms with Crippen molar-refractivity contribution in [1.29, 1.82) is 0 Å². The number of pyridine rings is 1. The van der Waals surface area contributed by atoms with Crippen LogP contribution in [0.25, 0.3) is 0 Å². The predicted octanol–water partition coefficient (Wildman–Crippen LogP) is 3.00. The SMILES string of the molecule is CC1(C)CCCN(C(=O)c2cccc(Cl)n2)C1. The van der Waals surface area contributed by atoms with Crippen molar-refractivity contribution in [3.8, 4) is 0 Å². The van der Waals surface area contributed by atoms with Gasteiger partial charge in [-0.15, -0.1) is 0 Å². The summed E-state index contributed by atoms with van der Waals surface area (Å²) in [6, 6.07) is 5.16. The number of carbonyl (C=O) groups is 1. The Labute approximate surface area is 107 Å². The summed E-state index contributed by atoms with van der Waals surface area (Å²) in [7, 11) is 0. The quantitative estimate of drug-likeness (QED) is 0.720. The fourth-order valence-electron chi connectivity index (χ4n) is 2.29. The molecular formula is C13H17ClN2O. The molecule has 1 aliphatic heterocycles. The van der Waals surface area contributed by atoms with E-state index in [9.17, 15) is 4.79 Å². The second kappa shape index (κ2) is 4.65. The van der Waals surface area contributed by atoms with Crippen molar-refractivity contribution >= 4 is 17.5 Å². The highest BCUT2D eigenvalue weighted by Gasteiger charge is 2.29. The van der Waals surface area contributed by atoms with E-state index in [-0.39, 0.29) is 11.3 Å². The molecule has 2 heterocycles. The summed E-state index contributed by atoms with van der Waals surface area (Å²) < 4.78 is 0. The van der Waals surface area contributed by atoms with Gasteiger partial charge in [0.1, 0.15) is 10.8 Å². The fraction of sp³-hybridized carbons (Fsp3) is 0.538. The predicted molar refractivity (Wildman–Crippen MR) is 68.2 cm³/mol. The second-order valence-corrected chi connectivity index (χ2v) is 5.73. The van der Waals surface area contributed by atoms with Crippen molar-refractivity contribution in [2.45, 2.75) is 26.7 Å². The Hall–Kier alpha value is -1.09. The van der Waals surface area contributed by atoms with Crippen molar-refractivity contribution in [2.75, 3.05) is 13.1 Å². The molecule has 4 heteroatoms. The highest BCUT2D eigenvalue weighted by molar-refractivity contribution is 6.29. The standard InChI is InChI=1S/C13H17ClN2O/c1-13(2)7-4-8-16(9-13)12(17)10-5-3-6-11(14)15-10/h3,5-6H,4,7-9H2,1-2H3. The topological polar surface area (TPSA) is 33.2 Å². The zero-order valence-corrected chi connectivity index (χ0v) is 11.0. The Bertz CT molecular complexity index is 431. The van der Waals surface area contributed by atoms with Crippen LogP contribution in [0.1, 0.15) is 37.2 Å². The van der Waals surface area contributed by atoms with Crippen molar-refractivity contribution in [1.82, 2.24) is 9.88 Å². The van der Waals surface area contributed by atoms with E-state index >= 15 is 0 Å². The van der Waals surface area contributed by atoms with Crippen LogP contribution in [0.5, 0.6) is 0 Å². The number of piperidine rings is 1. The molecular weight excluding hydrogens is 236 g/mol. The number of halogens is 1. The molecule has 2 rings (SSSR count). The normalized spacial score (nSPS) is 19.1. The molecule has 0 bridgehead atoms. The number of nitrogens with zero attached hydrogens (tertiary/aromatic N) is 2. The maximum absolute atomic E-state index is 12.2. The average molecular weight is 253 g/mol. The van der Waals surface area contributed by atoms with E-state index in [2.05, 4.69) is 18.8 Å². The maximum atomic E-state index is 12.2. The van der Waals surface area contributed by atoms with Crippen LogP contribution in [0, 0.1) is 5.41 Å². The molecule has 1 saturated heterocycles. The van der Waals surface area contributed by atoms with Crippen molar-refractivity contribution in [3.63, 3.8) is 0 Å². The highest BCUT2D eigenvalue weighted by atomic mass is 35.5. The van der Waals surface area contributed by atoms with Crippen LogP contribution in [-0.4, -0.2) is 28.9 Å². The Balaban J connectivity index is 2.15. The molecule has 1 aromatic rings. The minimum Gasteiger partial charge on any atom is -0.337 e. The molecule has 0 saturated carbocycles. The molecule has 0 N–H and O–H groups in total. The van der Waals surface area contributed by atoms with Gasteiger partial charge in [-0.1, -0.05) is 31.5 Å². The molecule has 0 radical (unpaired) electrons. The third-order valence-corrected chi connectivity index (χ3v) is 3.33. The number of amides is 1. The third kappa shape index (κ3) is 2.97. The Morgan fingerprint density at radius 3 is 2.88 bits per heavy atom. The molecule has 0 spiro atoms. The van der Waals surface area contributed by atoms with Crippen LogP contribution in [0.15, 0.2) is 18.2 Å². The zero-order chi connectivity index (χ0) is 12.5. The molecule has 3 nitrogen and oxygen atoms in total. The van der Waals surface area contributed by atoms with Gasteiger partial charge in [0, 0.05) is 13.1 Å². The molecule has 92 valence electrons. The van der Waals surface area contributed by atoms with Gasteiger partial charge in [-0.05, 0) is 30.4 Å². The number of carbonyl (C=O) groups excluding carboxylic acids is 1. The van der Waals surface area contributed by atoms with E-state index in [0.717, 1.165) is 19.5 Å². The van der Waals surface area contributed by atoms with Crippen LogP contribution >= 0.6 is 11.6 Å². The van der Waals surface area contributed by atoms with Crippen LogP contribution in [0.2, 0.25) is 5.15 Å². The van der Waals surface area contributed by atoms with Gasteiger partial charge in [-0.25, -0.2) is 4.98 Å². The van der Waals surface area contributed by atoms with E-state index < -0.39 is 0 Å². The molecule has 1 fully saturated rings.